The van der Waals surface area contributed by atoms with Crippen LogP contribution in [0.4, 0.5) is 0 Å². The van der Waals surface area contributed by atoms with Crippen LogP contribution in [0.5, 0.6) is 0 Å². The Morgan fingerprint density at radius 1 is 0.886 bits per heavy atom. The van der Waals surface area contributed by atoms with E-state index in [4.69, 9.17) is 0 Å². The van der Waals surface area contributed by atoms with Crippen LogP contribution in [0, 0.1) is 20.8 Å². The molecule has 7 nitrogen and oxygen atoms in total. The lowest BCUT2D eigenvalue weighted by molar-refractivity contribution is 0.0698. The first-order chi connectivity index (χ1) is 16.4. The van der Waals surface area contributed by atoms with Gasteiger partial charge in [0.05, 0.1) is 10.6 Å². The number of nitrogens with zero attached hydrogens (tertiary/aromatic N) is 4. The van der Waals surface area contributed by atoms with Gasteiger partial charge in [-0.3, -0.25) is 4.79 Å². The predicted octanol–water partition coefficient (Wildman–Crippen LogP) is 4.24. The summed E-state index contributed by atoms with van der Waals surface area (Å²) in [6, 6.07) is 13.2. The minimum atomic E-state index is -3.65. The van der Waals surface area contributed by atoms with Crippen LogP contribution >= 0.6 is 0 Å². The molecule has 186 valence electrons. The largest absolute Gasteiger partial charge is 0.336 e. The number of rotatable bonds is 4. The third kappa shape index (κ3) is 4.90. The van der Waals surface area contributed by atoms with E-state index < -0.39 is 10.0 Å². The molecule has 0 bridgehead atoms. The highest BCUT2D eigenvalue weighted by atomic mass is 32.2. The number of hydrogen-bond acceptors (Lipinski definition) is 4. The molecule has 0 unspecified atom stereocenters. The molecule has 0 aliphatic carbocycles. The maximum Gasteiger partial charge on any atom is 0.253 e. The molecule has 0 saturated carbocycles. The van der Waals surface area contributed by atoms with Gasteiger partial charge in [0.25, 0.3) is 5.91 Å². The number of carbonyl (C=O) groups excluding carboxylic acids is 1. The van der Waals surface area contributed by atoms with Gasteiger partial charge in [0, 0.05) is 43.6 Å². The van der Waals surface area contributed by atoms with E-state index in [0.717, 1.165) is 28.1 Å². The number of piperazine rings is 1. The minimum absolute atomic E-state index is 0.0563. The lowest BCUT2D eigenvalue weighted by Crippen LogP contribution is -2.50. The number of amides is 1. The highest BCUT2D eigenvalue weighted by molar-refractivity contribution is 7.89. The van der Waals surface area contributed by atoms with Gasteiger partial charge < -0.3 is 4.90 Å². The number of benzene rings is 2. The Morgan fingerprint density at radius 2 is 1.46 bits per heavy atom. The van der Waals surface area contributed by atoms with Crippen molar-refractivity contribution in [3.63, 3.8) is 0 Å². The highest BCUT2D eigenvalue weighted by Crippen LogP contribution is 2.31. The molecule has 1 aromatic heterocycles. The van der Waals surface area contributed by atoms with Gasteiger partial charge in [0.2, 0.25) is 10.0 Å². The van der Waals surface area contributed by atoms with Crippen LogP contribution in [0.2, 0.25) is 0 Å². The number of aryl methyl sites for hydroxylation is 3. The first-order valence-corrected chi connectivity index (χ1v) is 13.4. The van der Waals surface area contributed by atoms with Crippen LogP contribution in [-0.4, -0.2) is 59.5 Å². The second kappa shape index (κ2) is 9.24. The van der Waals surface area contributed by atoms with Crippen LogP contribution in [0.25, 0.3) is 5.69 Å². The van der Waals surface area contributed by atoms with Gasteiger partial charge in [-0.15, -0.1) is 0 Å². The second-order valence-corrected chi connectivity index (χ2v) is 12.2. The number of sulfonamides is 1. The Labute approximate surface area is 208 Å². The first-order valence-electron chi connectivity index (χ1n) is 11.9. The molecule has 1 aliphatic heterocycles. The van der Waals surface area contributed by atoms with Crippen LogP contribution in [0.1, 0.15) is 53.5 Å². The summed E-state index contributed by atoms with van der Waals surface area (Å²) in [5, 5.41) is 4.29. The van der Waals surface area contributed by atoms with Crippen LogP contribution in [0.3, 0.4) is 0 Å². The van der Waals surface area contributed by atoms with Crippen LogP contribution in [0.15, 0.2) is 53.6 Å². The van der Waals surface area contributed by atoms with E-state index in [0.29, 0.717) is 23.5 Å². The highest BCUT2D eigenvalue weighted by Gasteiger charge is 2.33. The molecular weight excluding hydrogens is 460 g/mol. The maximum atomic E-state index is 13.5. The Hall–Kier alpha value is -2.97. The summed E-state index contributed by atoms with van der Waals surface area (Å²) in [7, 11) is -3.65. The van der Waals surface area contributed by atoms with Crippen molar-refractivity contribution in [1.29, 1.82) is 0 Å². The third-order valence-electron chi connectivity index (χ3n) is 6.64. The van der Waals surface area contributed by atoms with Gasteiger partial charge >= 0.3 is 0 Å². The van der Waals surface area contributed by atoms with Gasteiger partial charge in [-0.05, 0) is 73.2 Å². The number of carbonyl (C=O) groups is 1. The summed E-state index contributed by atoms with van der Waals surface area (Å²) >= 11 is 0. The average Bonchev–Trinajstić information content (AvgIpc) is 3.23. The summed E-state index contributed by atoms with van der Waals surface area (Å²) in [4.78, 5) is 15.2. The molecular formula is C27H34N4O3S. The van der Waals surface area contributed by atoms with Crippen molar-refractivity contribution in [2.75, 3.05) is 26.2 Å². The predicted molar refractivity (Wildman–Crippen MR) is 138 cm³/mol. The average molecular weight is 495 g/mol. The molecule has 1 amide bonds. The van der Waals surface area contributed by atoms with Crippen LogP contribution < -0.4 is 0 Å². The summed E-state index contributed by atoms with van der Waals surface area (Å²) in [6.45, 7) is 13.3. The molecule has 2 heterocycles. The standard InChI is InChI=1S/C27H34N4O3S/c1-19-17-23(27(4,5)6)18-20(2)25(19)35(33,34)30-15-13-29(14-16-30)26(32)22-7-9-24(10-8-22)31-21(3)11-12-28-31/h7-12,17-18H,13-16H2,1-6H3. The lowest BCUT2D eigenvalue weighted by Gasteiger charge is -2.35. The van der Waals surface area contributed by atoms with Crippen molar-refractivity contribution in [2.24, 2.45) is 0 Å². The van der Waals surface area contributed by atoms with Crippen molar-refractivity contribution in [3.8, 4) is 5.69 Å². The smallest absolute Gasteiger partial charge is 0.253 e. The van der Waals surface area contributed by atoms with E-state index in [1.54, 1.807) is 23.2 Å². The molecule has 0 atom stereocenters. The van der Waals surface area contributed by atoms with Crippen molar-refractivity contribution in [1.82, 2.24) is 19.0 Å². The Bertz CT molecular complexity index is 1320. The molecule has 3 aromatic rings. The van der Waals surface area contributed by atoms with E-state index in [9.17, 15) is 13.2 Å². The summed E-state index contributed by atoms with van der Waals surface area (Å²) in [6.07, 6.45) is 1.74. The Kier molecular flexibility index (Phi) is 6.64. The third-order valence-corrected chi connectivity index (χ3v) is 8.85. The Balaban J connectivity index is 1.46. The van der Waals surface area contributed by atoms with Crippen molar-refractivity contribution >= 4 is 15.9 Å². The molecule has 0 N–H and O–H groups in total. The van der Waals surface area contributed by atoms with Gasteiger partial charge in [-0.1, -0.05) is 32.9 Å². The van der Waals surface area contributed by atoms with Gasteiger partial charge in [0.15, 0.2) is 0 Å². The normalized spacial score (nSPS) is 15.4. The zero-order chi connectivity index (χ0) is 25.5. The molecule has 8 heteroatoms. The molecule has 0 radical (unpaired) electrons. The van der Waals surface area contributed by atoms with E-state index in [-0.39, 0.29) is 24.4 Å². The van der Waals surface area contributed by atoms with Gasteiger partial charge in [-0.25, -0.2) is 13.1 Å². The second-order valence-electron chi connectivity index (χ2n) is 10.3. The first kappa shape index (κ1) is 25.1. The fourth-order valence-electron chi connectivity index (χ4n) is 4.62. The van der Waals surface area contributed by atoms with E-state index >= 15 is 0 Å². The van der Waals surface area contributed by atoms with E-state index in [1.165, 1.54) is 4.31 Å². The number of hydrogen-bond donors (Lipinski definition) is 0. The molecule has 1 fully saturated rings. The molecule has 1 saturated heterocycles. The van der Waals surface area contributed by atoms with Crippen LogP contribution in [-0.2, 0) is 15.4 Å². The fraction of sp³-hybridized carbons (Fsp3) is 0.407. The Morgan fingerprint density at radius 3 is 1.94 bits per heavy atom. The summed E-state index contributed by atoms with van der Waals surface area (Å²) in [5.41, 5.74) is 5.08. The molecule has 1 aliphatic rings. The van der Waals surface area contributed by atoms with Crippen molar-refractivity contribution in [2.45, 2.75) is 51.9 Å². The SMILES string of the molecule is Cc1cc(C(C)(C)C)cc(C)c1S(=O)(=O)N1CCN(C(=O)c2ccc(-n3nccc3C)cc2)CC1. The molecule has 4 rings (SSSR count). The molecule has 0 spiro atoms. The quantitative estimate of drug-likeness (QED) is 0.544. The topological polar surface area (TPSA) is 75.5 Å². The maximum absolute atomic E-state index is 13.5. The fourth-order valence-corrected chi connectivity index (χ4v) is 6.45. The molecule has 35 heavy (non-hydrogen) atoms. The number of aromatic nitrogens is 2. The van der Waals surface area contributed by atoms with E-state index in [1.807, 2.05) is 55.8 Å². The molecule has 2 aromatic carbocycles. The van der Waals surface area contributed by atoms with Crippen molar-refractivity contribution < 1.29 is 13.2 Å². The van der Waals surface area contributed by atoms with Crippen molar-refractivity contribution in [3.05, 3.63) is 76.6 Å². The minimum Gasteiger partial charge on any atom is -0.336 e. The summed E-state index contributed by atoms with van der Waals surface area (Å²) < 4.78 is 30.4. The zero-order valence-corrected chi connectivity index (χ0v) is 22.2. The van der Waals surface area contributed by atoms with E-state index in [2.05, 4.69) is 25.9 Å². The summed E-state index contributed by atoms with van der Waals surface area (Å²) in [5.74, 6) is -0.0901. The van der Waals surface area contributed by atoms with Gasteiger partial charge in [0.1, 0.15) is 0 Å². The lowest BCUT2D eigenvalue weighted by atomic mass is 9.85. The zero-order valence-electron chi connectivity index (χ0n) is 21.4. The monoisotopic (exact) mass is 494 g/mol. The van der Waals surface area contributed by atoms with Gasteiger partial charge in [-0.2, -0.15) is 9.40 Å².